The molecule has 0 unspecified atom stereocenters. The molecule has 94 valence electrons. The zero-order valence-electron chi connectivity index (χ0n) is 9.67. The summed E-state index contributed by atoms with van der Waals surface area (Å²) in [5.74, 6) is 0.324. The number of nitrogen functional groups attached to an aromatic ring is 1. The first-order valence-corrected chi connectivity index (χ1v) is 5.74. The molecular weight excluding hydrogens is 238 g/mol. The maximum Gasteiger partial charge on any atom is 0.0934 e. The fraction of sp³-hybridized carbons (Fsp3) is 0.500. The van der Waals surface area contributed by atoms with Gasteiger partial charge in [0.25, 0.3) is 0 Å². The summed E-state index contributed by atoms with van der Waals surface area (Å²) in [6.07, 6.45) is 9.15. The van der Waals surface area contributed by atoms with Gasteiger partial charge in [-0.05, 0) is 18.9 Å². The number of aromatic nitrogens is 1. The number of rotatable bonds is 2. The number of nitrogens with two attached hydrogens (primary N) is 1. The second-order valence-corrected chi connectivity index (χ2v) is 4.28. The maximum atomic E-state index is 9.16. The highest BCUT2D eigenvalue weighted by atomic mass is 35.5. The van der Waals surface area contributed by atoms with Crippen LogP contribution in [-0.2, 0) is 0 Å². The maximum absolute atomic E-state index is 9.16. The number of nitrogens with zero attached hydrogens (tertiary/aromatic N) is 2. The van der Waals surface area contributed by atoms with Crippen LogP contribution in [0.2, 0.25) is 0 Å². The van der Waals surface area contributed by atoms with Crippen LogP contribution in [0.25, 0.3) is 0 Å². The van der Waals surface area contributed by atoms with Crippen LogP contribution in [0.1, 0.15) is 37.7 Å². The molecule has 1 saturated carbocycles. The SMILES string of the molecule is Cl.Nc1ccncc1C(=NO)C1CCCCC1. The van der Waals surface area contributed by atoms with Gasteiger partial charge in [-0.2, -0.15) is 0 Å². The lowest BCUT2D eigenvalue weighted by molar-refractivity contribution is 0.310. The third kappa shape index (κ3) is 3.09. The van der Waals surface area contributed by atoms with E-state index in [1.54, 1.807) is 18.5 Å². The molecule has 0 saturated heterocycles. The van der Waals surface area contributed by atoms with E-state index in [2.05, 4.69) is 10.1 Å². The van der Waals surface area contributed by atoms with E-state index in [-0.39, 0.29) is 12.4 Å². The van der Waals surface area contributed by atoms with Gasteiger partial charge in [0.05, 0.1) is 5.71 Å². The van der Waals surface area contributed by atoms with Crippen LogP contribution in [0.15, 0.2) is 23.6 Å². The van der Waals surface area contributed by atoms with E-state index in [0.29, 0.717) is 17.3 Å². The summed E-state index contributed by atoms with van der Waals surface area (Å²) in [7, 11) is 0. The van der Waals surface area contributed by atoms with Crippen molar-refractivity contribution in [2.24, 2.45) is 11.1 Å². The van der Waals surface area contributed by atoms with Gasteiger partial charge in [0.15, 0.2) is 0 Å². The topological polar surface area (TPSA) is 71.5 Å². The van der Waals surface area contributed by atoms with Crippen molar-refractivity contribution in [2.45, 2.75) is 32.1 Å². The van der Waals surface area contributed by atoms with Crippen LogP contribution >= 0.6 is 12.4 Å². The third-order valence-electron chi connectivity index (χ3n) is 3.23. The Morgan fingerprint density at radius 2 is 2.06 bits per heavy atom. The lowest BCUT2D eigenvalue weighted by Gasteiger charge is -2.22. The predicted octanol–water partition coefficient (Wildman–Crippen LogP) is 2.84. The molecule has 5 heteroatoms. The zero-order chi connectivity index (χ0) is 11.4. The Balaban J connectivity index is 0.00000144. The Kier molecular flexibility index (Phi) is 5.22. The average molecular weight is 256 g/mol. The van der Waals surface area contributed by atoms with Gasteiger partial charge in [0.2, 0.25) is 0 Å². The summed E-state index contributed by atoms with van der Waals surface area (Å²) in [4.78, 5) is 4.04. The average Bonchev–Trinajstić information content (AvgIpc) is 2.34. The van der Waals surface area contributed by atoms with E-state index in [0.717, 1.165) is 18.4 Å². The quantitative estimate of drug-likeness (QED) is 0.485. The molecular formula is C12H18ClN3O. The predicted molar refractivity (Wildman–Crippen MR) is 70.8 cm³/mol. The second-order valence-electron chi connectivity index (χ2n) is 4.28. The molecule has 2 rings (SSSR count). The third-order valence-corrected chi connectivity index (χ3v) is 3.23. The number of pyridine rings is 1. The summed E-state index contributed by atoms with van der Waals surface area (Å²) in [6.45, 7) is 0. The minimum Gasteiger partial charge on any atom is -0.411 e. The minimum absolute atomic E-state index is 0. The monoisotopic (exact) mass is 255 g/mol. The summed E-state index contributed by atoms with van der Waals surface area (Å²) < 4.78 is 0. The summed E-state index contributed by atoms with van der Waals surface area (Å²) >= 11 is 0. The van der Waals surface area contributed by atoms with Crippen LogP contribution in [0, 0.1) is 5.92 Å². The van der Waals surface area contributed by atoms with Crippen molar-refractivity contribution >= 4 is 23.8 Å². The fourth-order valence-corrected chi connectivity index (χ4v) is 2.35. The first-order chi connectivity index (χ1) is 7.83. The highest BCUT2D eigenvalue weighted by molar-refractivity contribution is 6.05. The van der Waals surface area contributed by atoms with Gasteiger partial charge in [0, 0.05) is 29.6 Å². The van der Waals surface area contributed by atoms with Crippen LogP contribution < -0.4 is 5.73 Å². The van der Waals surface area contributed by atoms with Crippen molar-refractivity contribution in [1.29, 1.82) is 0 Å². The first kappa shape index (κ1) is 13.8. The Hall–Kier alpha value is -1.29. The molecule has 1 aliphatic carbocycles. The largest absolute Gasteiger partial charge is 0.411 e. The van der Waals surface area contributed by atoms with Crippen LogP contribution in [0.4, 0.5) is 5.69 Å². The first-order valence-electron chi connectivity index (χ1n) is 5.74. The van der Waals surface area contributed by atoms with Gasteiger partial charge >= 0.3 is 0 Å². The molecule has 4 nitrogen and oxygen atoms in total. The molecule has 1 aromatic heterocycles. The summed E-state index contributed by atoms with van der Waals surface area (Å²) in [5, 5.41) is 12.6. The molecule has 3 N–H and O–H groups in total. The zero-order valence-corrected chi connectivity index (χ0v) is 10.5. The molecule has 1 aromatic rings. The summed E-state index contributed by atoms with van der Waals surface area (Å²) in [6, 6.07) is 1.74. The molecule has 0 radical (unpaired) electrons. The molecule has 0 amide bonds. The normalized spacial score (nSPS) is 17.5. The molecule has 1 aliphatic rings. The lowest BCUT2D eigenvalue weighted by Crippen LogP contribution is -2.20. The van der Waals surface area contributed by atoms with Crippen LogP contribution in [0.3, 0.4) is 0 Å². The van der Waals surface area contributed by atoms with Gasteiger partial charge in [-0.3, -0.25) is 4.98 Å². The number of anilines is 1. The van der Waals surface area contributed by atoms with Crippen LogP contribution in [-0.4, -0.2) is 15.9 Å². The Morgan fingerprint density at radius 1 is 1.35 bits per heavy atom. The molecule has 1 fully saturated rings. The number of halogens is 1. The van der Waals surface area contributed by atoms with Crippen molar-refractivity contribution in [3.05, 3.63) is 24.0 Å². The van der Waals surface area contributed by atoms with Crippen molar-refractivity contribution in [3.8, 4) is 0 Å². The molecule has 0 atom stereocenters. The highest BCUT2D eigenvalue weighted by Crippen LogP contribution is 2.28. The van der Waals surface area contributed by atoms with Gasteiger partial charge in [-0.25, -0.2) is 0 Å². The van der Waals surface area contributed by atoms with Crippen LogP contribution in [0.5, 0.6) is 0 Å². The van der Waals surface area contributed by atoms with Gasteiger partial charge in [-0.1, -0.05) is 24.4 Å². The van der Waals surface area contributed by atoms with E-state index < -0.39 is 0 Å². The Morgan fingerprint density at radius 3 is 2.65 bits per heavy atom. The lowest BCUT2D eigenvalue weighted by atomic mass is 9.83. The molecule has 1 heterocycles. The van der Waals surface area contributed by atoms with Crippen molar-refractivity contribution in [3.63, 3.8) is 0 Å². The van der Waals surface area contributed by atoms with E-state index in [1.807, 2.05) is 0 Å². The Labute approximate surface area is 107 Å². The smallest absolute Gasteiger partial charge is 0.0934 e. The van der Waals surface area contributed by atoms with E-state index in [1.165, 1.54) is 19.3 Å². The van der Waals surface area contributed by atoms with E-state index in [4.69, 9.17) is 10.9 Å². The highest BCUT2D eigenvalue weighted by Gasteiger charge is 2.22. The van der Waals surface area contributed by atoms with E-state index in [9.17, 15) is 0 Å². The van der Waals surface area contributed by atoms with Crippen molar-refractivity contribution < 1.29 is 5.21 Å². The Bertz CT molecular complexity index is 389. The van der Waals surface area contributed by atoms with Crippen molar-refractivity contribution in [1.82, 2.24) is 4.98 Å². The number of oxime groups is 1. The number of hydrogen-bond acceptors (Lipinski definition) is 4. The van der Waals surface area contributed by atoms with Gasteiger partial charge in [-0.15, -0.1) is 12.4 Å². The molecule has 0 aromatic carbocycles. The molecule has 0 bridgehead atoms. The fourth-order valence-electron chi connectivity index (χ4n) is 2.35. The minimum atomic E-state index is 0. The van der Waals surface area contributed by atoms with Crippen molar-refractivity contribution in [2.75, 3.05) is 5.73 Å². The molecule has 0 spiro atoms. The van der Waals surface area contributed by atoms with Gasteiger partial charge < -0.3 is 10.9 Å². The van der Waals surface area contributed by atoms with E-state index >= 15 is 0 Å². The second kappa shape index (κ2) is 6.45. The molecule has 0 aliphatic heterocycles. The summed E-state index contributed by atoms with van der Waals surface area (Å²) in [5.41, 5.74) is 7.98. The van der Waals surface area contributed by atoms with Gasteiger partial charge in [0.1, 0.15) is 0 Å². The number of hydrogen-bond donors (Lipinski definition) is 2. The molecule has 17 heavy (non-hydrogen) atoms. The standard InChI is InChI=1S/C12H17N3O.ClH/c13-11-6-7-14-8-10(11)12(15-16)9-4-2-1-3-5-9;/h6-9,16H,1-5H2,(H2,13,14);1H.